The molecule has 0 aliphatic carbocycles. The van der Waals surface area contributed by atoms with Crippen molar-refractivity contribution in [2.45, 2.75) is 13.0 Å². The standard InChI is InChI=1S/C11H13F2NO/c1-7-2-3-8(11(13)10(7)12)9-6-15-5-4-14-9/h2-3,9,14H,4-6H2,1H3/t9-/m0/s1. The molecule has 0 radical (unpaired) electrons. The van der Waals surface area contributed by atoms with E-state index in [9.17, 15) is 8.78 Å². The zero-order valence-electron chi connectivity index (χ0n) is 8.52. The van der Waals surface area contributed by atoms with Gasteiger partial charge >= 0.3 is 0 Å². The highest BCUT2D eigenvalue weighted by atomic mass is 19.2. The van der Waals surface area contributed by atoms with E-state index in [1.807, 2.05) is 0 Å². The lowest BCUT2D eigenvalue weighted by molar-refractivity contribution is 0.0755. The molecule has 2 nitrogen and oxygen atoms in total. The summed E-state index contributed by atoms with van der Waals surface area (Å²) >= 11 is 0. The van der Waals surface area contributed by atoms with E-state index in [0.29, 0.717) is 30.9 Å². The highest BCUT2D eigenvalue weighted by molar-refractivity contribution is 5.28. The van der Waals surface area contributed by atoms with Gasteiger partial charge in [0, 0.05) is 12.1 Å². The van der Waals surface area contributed by atoms with Crippen LogP contribution in [0.1, 0.15) is 17.2 Å². The predicted octanol–water partition coefficient (Wildman–Crippen LogP) is 1.93. The molecular weight excluding hydrogens is 200 g/mol. The number of hydrogen-bond acceptors (Lipinski definition) is 2. The van der Waals surface area contributed by atoms with Crippen LogP contribution in [0.25, 0.3) is 0 Å². The summed E-state index contributed by atoms with van der Waals surface area (Å²) < 4.78 is 32.1. The minimum Gasteiger partial charge on any atom is -0.378 e. The molecule has 0 unspecified atom stereocenters. The van der Waals surface area contributed by atoms with Crippen molar-refractivity contribution < 1.29 is 13.5 Å². The molecule has 1 fully saturated rings. The summed E-state index contributed by atoms with van der Waals surface area (Å²) in [7, 11) is 0. The van der Waals surface area contributed by atoms with Crippen LogP contribution in [0.5, 0.6) is 0 Å². The van der Waals surface area contributed by atoms with Gasteiger partial charge in [0.1, 0.15) is 0 Å². The number of halogens is 2. The second kappa shape index (κ2) is 4.24. The molecule has 15 heavy (non-hydrogen) atoms. The topological polar surface area (TPSA) is 21.3 Å². The minimum absolute atomic E-state index is 0.242. The summed E-state index contributed by atoms with van der Waals surface area (Å²) in [5.74, 6) is -1.53. The van der Waals surface area contributed by atoms with Crippen molar-refractivity contribution in [1.82, 2.24) is 5.32 Å². The van der Waals surface area contributed by atoms with E-state index in [1.165, 1.54) is 0 Å². The Labute approximate surface area is 87.2 Å². The first-order chi connectivity index (χ1) is 7.20. The Morgan fingerprint density at radius 3 is 2.80 bits per heavy atom. The number of aryl methyl sites for hydroxylation is 1. The van der Waals surface area contributed by atoms with Gasteiger partial charge in [0.15, 0.2) is 11.6 Å². The molecule has 0 bridgehead atoms. The van der Waals surface area contributed by atoms with E-state index >= 15 is 0 Å². The molecule has 0 amide bonds. The largest absolute Gasteiger partial charge is 0.378 e. The summed E-state index contributed by atoms with van der Waals surface area (Å²) in [6, 6.07) is 2.96. The molecule has 0 aromatic heterocycles. The van der Waals surface area contributed by atoms with Crippen LogP contribution in [0.15, 0.2) is 12.1 Å². The molecule has 1 atom stereocenters. The van der Waals surface area contributed by atoms with Crippen LogP contribution in [0, 0.1) is 18.6 Å². The summed E-state index contributed by atoms with van der Waals surface area (Å²) in [6.07, 6.45) is 0. The molecule has 1 heterocycles. The van der Waals surface area contributed by atoms with Gasteiger partial charge in [-0.05, 0) is 12.5 Å². The number of hydrogen-bond donors (Lipinski definition) is 1. The van der Waals surface area contributed by atoms with Crippen LogP contribution >= 0.6 is 0 Å². The Hall–Kier alpha value is -1.00. The van der Waals surface area contributed by atoms with Crippen molar-refractivity contribution in [3.8, 4) is 0 Å². The molecule has 1 aliphatic rings. The zero-order valence-corrected chi connectivity index (χ0v) is 8.52. The third-order valence-electron chi connectivity index (χ3n) is 2.60. The second-order valence-corrected chi connectivity index (χ2v) is 3.68. The van der Waals surface area contributed by atoms with Gasteiger partial charge in [0.2, 0.25) is 0 Å². The maximum Gasteiger partial charge on any atom is 0.163 e. The number of ether oxygens (including phenoxy) is 1. The lowest BCUT2D eigenvalue weighted by Gasteiger charge is -2.24. The van der Waals surface area contributed by atoms with Gasteiger partial charge < -0.3 is 10.1 Å². The van der Waals surface area contributed by atoms with Gasteiger partial charge in [-0.15, -0.1) is 0 Å². The molecule has 1 saturated heterocycles. The van der Waals surface area contributed by atoms with Crippen LogP contribution in [-0.2, 0) is 4.74 Å². The molecular formula is C11H13F2NO. The predicted molar refractivity (Wildman–Crippen MR) is 52.7 cm³/mol. The fraction of sp³-hybridized carbons (Fsp3) is 0.455. The first-order valence-electron chi connectivity index (χ1n) is 4.96. The molecule has 1 N–H and O–H groups in total. The Bertz CT molecular complexity index is 362. The van der Waals surface area contributed by atoms with Crippen molar-refractivity contribution in [2.75, 3.05) is 19.8 Å². The maximum atomic E-state index is 13.6. The average molecular weight is 213 g/mol. The van der Waals surface area contributed by atoms with E-state index in [0.717, 1.165) is 0 Å². The van der Waals surface area contributed by atoms with E-state index < -0.39 is 11.6 Å². The van der Waals surface area contributed by atoms with Gasteiger partial charge in [0.05, 0.1) is 19.3 Å². The van der Waals surface area contributed by atoms with Crippen molar-refractivity contribution in [3.63, 3.8) is 0 Å². The molecule has 1 aromatic rings. The zero-order chi connectivity index (χ0) is 10.8. The van der Waals surface area contributed by atoms with Gasteiger partial charge in [-0.2, -0.15) is 0 Å². The Morgan fingerprint density at radius 2 is 2.13 bits per heavy atom. The molecule has 2 rings (SSSR count). The van der Waals surface area contributed by atoms with Crippen molar-refractivity contribution in [3.05, 3.63) is 34.9 Å². The Balaban J connectivity index is 2.31. The van der Waals surface area contributed by atoms with Crippen LogP contribution < -0.4 is 5.32 Å². The molecule has 82 valence electrons. The monoisotopic (exact) mass is 213 g/mol. The van der Waals surface area contributed by atoms with Gasteiger partial charge in [0.25, 0.3) is 0 Å². The lowest BCUT2D eigenvalue weighted by atomic mass is 10.0. The summed E-state index contributed by atoms with van der Waals surface area (Å²) in [4.78, 5) is 0. The third kappa shape index (κ3) is 2.01. The number of benzene rings is 1. The highest BCUT2D eigenvalue weighted by Crippen LogP contribution is 2.23. The minimum atomic E-state index is -0.766. The van der Waals surface area contributed by atoms with Gasteiger partial charge in [-0.1, -0.05) is 12.1 Å². The number of morpholine rings is 1. The number of rotatable bonds is 1. The van der Waals surface area contributed by atoms with Crippen molar-refractivity contribution >= 4 is 0 Å². The fourth-order valence-corrected chi connectivity index (χ4v) is 1.70. The van der Waals surface area contributed by atoms with E-state index in [4.69, 9.17) is 4.74 Å². The molecule has 0 saturated carbocycles. The first kappa shape index (κ1) is 10.5. The smallest absolute Gasteiger partial charge is 0.163 e. The maximum absolute atomic E-state index is 13.6. The van der Waals surface area contributed by atoms with Crippen molar-refractivity contribution in [1.29, 1.82) is 0 Å². The Kier molecular flexibility index (Phi) is 2.98. The summed E-state index contributed by atoms with van der Waals surface area (Å²) in [6.45, 7) is 3.22. The molecule has 1 aromatic carbocycles. The second-order valence-electron chi connectivity index (χ2n) is 3.68. The SMILES string of the molecule is Cc1ccc([C@@H]2COCCN2)c(F)c1F. The van der Waals surface area contributed by atoms with E-state index in [2.05, 4.69) is 5.32 Å². The summed E-state index contributed by atoms with van der Waals surface area (Å²) in [5.41, 5.74) is 0.672. The molecule has 1 aliphatic heterocycles. The van der Waals surface area contributed by atoms with Gasteiger partial charge in [-0.25, -0.2) is 8.78 Å². The van der Waals surface area contributed by atoms with Gasteiger partial charge in [-0.3, -0.25) is 0 Å². The highest BCUT2D eigenvalue weighted by Gasteiger charge is 2.21. The third-order valence-corrected chi connectivity index (χ3v) is 2.60. The lowest BCUT2D eigenvalue weighted by Crippen LogP contribution is -2.35. The normalized spacial score (nSPS) is 21.7. The number of nitrogens with one attached hydrogen (secondary N) is 1. The molecule has 4 heteroatoms. The van der Waals surface area contributed by atoms with Crippen LogP contribution in [0.4, 0.5) is 8.78 Å². The van der Waals surface area contributed by atoms with E-state index in [-0.39, 0.29) is 6.04 Å². The average Bonchev–Trinajstić information content (AvgIpc) is 2.27. The fourth-order valence-electron chi connectivity index (χ4n) is 1.70. The van der Waals surface area contributed by atoms with Crippen molar-refractivity contribution in [2.24, 2.45) is 0 Å². The summed E-state index contributed by atoms with van der Waals surface area (Å²) in [5, 5.41) is 3.09. The first-order valence-corrected chi connectivity index (χ1v) is 4.96. The van der Waals surface area contributed by atoms with E-state index in [1.54, 1.807) is 19.1 Å². The Morgan fingerprint density at radius 1 is 1.33 bits per heavy atom. The van der Waals surface area contributed by atoms with Crippen LogP contribution in [-0.4, -0.2) is 19.8 Å². The quantitative estimate of drug-likeness (QED) is 0.769. The molecule has 0 spiro atoms. The van der Waals surface area contributed by atoms with Crippen LogP contribution in [0.2, 0.25) is 0 Å². The van der Waals surface area contributed by atoms with Crippen LogP contribution in [0.3, 0.4) is 0 Å².